The molecule has 5 aromatic heterocycles. The van der Waals surface area contributed by atoms with Gasteiger partial charge in [-0.3, -0.25) is 19.3 Å². The number of halogens is 4. The van der Waals surface area contributed by atoms with E-state index in [1.54, 1.807) is 7.05 Å². The third-order valence-corrected chi connectivity index (χ3v) is 5.87. The second-order valence-electron chi connectivity index (χ2n) is 7.98. The maximum absolute atomic E-state index is 13.7. The number of nitrogens with one attached hydrogen (secondary N) is 1. The highest BCUT2D eigenvalue weighted by Crippen LogP contribution is 2.35. The molecular formula is C24H17ClF3N9O2. The van der Waals surface area contributed by atoms with Crippen LogP contribution in [-0.2, 0) is 13.2 Å². The predicted molar refractivity (Wildman–Crippen MR) is 136 cm³/mol. The van der Waals surface area contributed by atoms with E-state index in [0.29, 0.717) is 18.0 Å². The molecule has 0 unspecified atom stereocenters. The zero-order valence-electron chi connectivity index (χ0n) is 19.9. The van der Waals surface area contributed by atoms with Crippen LogP contribution in [0.4, 0.5) is 24.8 Å². The highest BCUT2D eigenvalue weighted by atomic mass is 35.5. The summed E-state index contributed by atoms with van der Waals surface area (Å²) in [5, 5.41) is 2.77. The molecule has 198 valence electrons. The first-order chi connectivity index (χ1) is 18.7. The largest absolute Gasteiger partial charge is 0.450 e. The molecule has 0 bridgehead atoms. The van der Waals surface area contributed by atoms with Crippen LogP contribution in [0.15, 0.2) is 72.6 Å². The number of aromatic nitrogens is 7. The van der Waals surface area contributed by atoms with E-state index < -0.39 is 17.3 Å². The van der Waals surface area contributed by atoms with Gasteiger partial charge in [0, 0.05) is 38.0 Å². The second kappa shape index (κ2) is 10.1. The molecule has 0 radical (unpaired) electrons. The molecule has 0 atom stereocenters. The number of imidazole rings is 1. The van der Waals surface area contributed by atoms with Crippen LogP contribution in [0.1, 0.15) is 11.3 Å². The maximum atomic E-state index is 13.7. The van der Waals surface area contributed by atoms with E-state index in [0.717, 1.165) is 4.57 Å². The quantitative estimate of drug-likeness (QED) is 0.297. The second-order valence-corrected chi connectivity index (χ2v) is 8.36. The predicted octanol–water partition coefficient (Wildman–Crippen LogP) is 4.06. The lowest BCUT2D eigenvalue weighted by molar-refractivity contribution is -0.137. The van der Waals surface area contributed by atoms with E-state index in [9.17, 15) is 18.0 Å². The van der Waals surface area contributed by atoms with Crippen molar-refractivity contribution in [3.63, 3.8) is 0 Å². The van der Waals surface area contributed by atoms with Gasteiger partial charge in [-0.15, -0.1) is 0 Å². The summed E-state index contributed by atoms with van der Waals surface area (Å²) in [7, 11) is 1.55. The lowest BCUT2D eigenvalue weighted by atomic mass is 10.2. The Hall–Kier alpha value is -4.98. The maximum Gasteiger partial charge on any atom is 0.417 e. The minimum atomic E-state index is -4.73. The van der Waals surface area contributed by atoms with Crippen molar-refractivity contribution in [2.75, 3.05) is 5.32 Å². The van der Waals surface area contributed by atoms with Gasteiger partial charge in [0.15, 0.2) is 17.2 Å². The van der Waals surface area contributed by atoms with E-state index >= 15 is 0 Å². The number of nitrogens with two attached hydrogens (primary N) is 1. The molecule has 0 amide bonds. The minimum Gasteiger partial charge on any atom is -0.450 e. The van der Waals surface area contributed by atoms with Crippen LogP contribution < -0.4 is 21.3 Å². The van der Waals surface area contributed by atoms with Crippen LogP contribution in [0.5, 0.6) is 5.75 Å². The third kappa shape index (κ3) is 4.96. The number of hydrogen-bond donors (Lipinski definition) is 2. The molecule has 3 N–H and O–H groups in total. The number of anilines is 2. The zero-order valence-corrected chi connectivity index (χ0v) is 20.6. The summed E-state index contributed by atoms with van der Waals surface area (Å²) in [5.41, 5.74) is 4.43. The van der Waals surface area contributed by atoms with E-state index in [1.165, 1.54) is 60.1 Å². The molecule has 0 fully saturated rings. The fourth-order valence-corrected chi connectivity index (χ4v) is 3.95. The van der Waals surface area contributed by atoms with Gasteiger partial charge in [-0.05, 0) is 18.2 Å². The Morgan fingerprint density at radius 2 is 1.95 bits per heavy atom. The van der Waals surface area contributed by atoms with Crippen LogP contribution in [0.25, 0.3) is 22.6 Å². The van der Waals surface area contributed by atoms with Gasteiger partial charge < -0.3 is 20.4 Å². The van der Waals surface area contributed by atoms with Crippen LogP contribution in [0.3, 0.4) is 0 Å². The Bertz CT molecular complexity index is 1750. The topological polar surface area (TPSA) is 139 Å². The summed E-state index contributed by atoms with van der Waals surface area (Å²) in [6.45, 7) is 0. The molecule has 39 heavy (non-hydrogen) atoms. The lowest BCUT2D eigenvalue weighted by Gasteiger charge is -2.14. The van der Waals surface area contributed by atoms with Gasteiger partial charge in [0.1, 0.15) is 21.9 Å². The molecule has 5 aromatic rings. The number of rotatable bonds is 6. The van der Waals surface area contributed by atoms with Gasteiger partial charge in [0.2, 0.25) is 5.95 Å². The summed E-state index contributed by atoms with van der Waals surface area (Å²) in [5.74, 6) is 0.278. The fraction of sp³-hybridized carbons (Fsp3) is 0.0833. The van der Waals surface area contributed by atoms with Crippen molar-refractivity contribution >= 4 is 40.2 Å². The molecule has 5 heterocycles. The van der Waals surface area contributed by atoms with Gasteiger partial charge in [0.05, 0.1) is 29.8 Å². The molecule has 0 saturated heterocycles. The molecule has 11 nitrogen and oxygen atoms in total. The van der Waals surface area contributed by atoms with Crippen molar-refractivity contribution in [2.24, 2.45) is 12.8 Å². The SMILES string of the molecule is Cn1c(Nc2cc(C(F)(F)F)cn(-c3cccnc3)c2=O)nc2ncc(OC(=CN)c3cnccn3)c(Cl)c21. The van der Waals surface area contributed by atoms with Gasteiger partial charge >= 0.3 is 6.18 Å². The van der Waals surface area contributed by atoms with Gasteiger partial charge in [-0.25, -0.2) is 9.97 Å². The summed E-state index contributed by atoms with van der Waals surface area (Å²) in [6, 6.07) is 3.67. The Morgan fingerprint density at radius 1 is 1.15 bits per heavy atom. The Kier molecular flexibility index (Phi) is 6.62. The monoisotopic (exact) mass is 555 g/mol. The van der Waals surface area contributed by atoms with E-state index in [1.807, 2.05) is 0 Å². The van der Waals surface area contributed by atoms with Crippen molar-refractivity contribution in [3.05, 3.63) is 94.4 Å². The number of hydrogen-bond acceptors (Lipinski definition) is 9. The molecule has 0 spiro atoms. The standard InChI is InChI=1S/C24H17ClF3N9O2/c1-36-20-19(25)18(39-17(8-29)16-10-31-5-6-32-16)11-33-21(20)35-23(36)34-15-7-13(24(26,27)28)12-37(22(15)38)14-3-2-4-30-9-14/h2-12H,29H2,1H3,(H,33,34,35). The van der Waals surface area contributed by atoms with Crippen LogP contribution >= 0.6 is 11.6 Å². The highest BCUT2D eigenvalue weighted by molar-refractivity contribution is 6.36. The van der Waals surface area contributed by atoms with Crippen molar-refractivity contribution < 1.29 is 17.9 Å². The summed E-state index contributed by atoms with van der Waals surface area (Å²) in [6.07, 6.45) is 5.57. The van der Waals surface area contributed by atoms with E-state index in [2.05, 4.69) is 30.2 Å². The van der Waals surface area contributed by atoms with E-state index in [-0.39, 0.29) is 45.0 Å². The van der Waals surface area contributed by atoms with Crippen molar-refractivity contribution in [1.82, 2.24) is 34.1 Å². The van der Waals surface area contributed by atoms with Gasteiger partial charge in [-0.1, -0.05) is 11.6 Å². The smallest absolute Gasteiger partial charge is 0.417 e. The van der Waals surface area contributed by atoms with Crippen LogP contribution in [0.2, 0.25) is 5.02 Å². The Morgan fingerprint density at radius 3 is 2.62 bits per heavy atom. The van der Waals surface area contributed by atoms with E-state index in [4.69, 9.17) is 22.1 Å². The first-order valence-corrected chi connectivity index (χ1v) is 11.4. The van der Waals surface area contributed by atoms with Gasteiger partial charge in [0.25, 0.3) is 5.56 Å². The number of aryl methyl sites for hydroxylation is 1. The normalized spacial score (nSPS) is 12.1. The molecular weight excluding hydrogens is 539 g/mol. The number of alkyl halides is 3. The van der Waals surface area contributed by atoms with Crippen LogP contribution in [-0.4, -0.2) is 34.1 Å². The highest BCUT2D eigenvalue weighted by Gasteiger charge is 2.33. The molecule has 15 heteroatoms. The first-order valence-electron chi connectivity index (χ1n) is 11.1. The molecule has 0 aliphatic rings. The van der Waals surface area contributed by atoms with Crippen molar-refractivity contribution in [1.29, 1.82) is 0 Å². The fourth-order valence-electron chi connectivity index (χ4n) is 3.65. The Balaban J connectivity index is 1.56. The first kappa shape index (κ1) is 25.7. The summed E-state index contributed by atoms with van der Waals surface area (Å²) in [4.78, 5) is 33.7. The molecule has 0 aliphatic carbocycles. The molecule has 5 rings (SSSR count). The van der Waals surface area contributed by atoms with Crippen molar-refractivity contribution in [2.45, 2.75) is 6.18 Å². The van der Waals surface area contributed by atoms with Gasteiger partial charge in [-0.2, -0.15) is 18.2 Å². The third-order valence-electron chi connectivity index (χ3n) is 5.51. The lowest BCUT2D eigenvalue weighted by Crippen LogP contribution is -2.24. The Labute approximate surface area is 222 Å². The number of fused-ring (bicyclic) bond motifs is 1. The molecule has 0 saturated carbocycles. The number of ether oxygens (including phenoxy) is 1. The average molecular weight is 556 g/mol. The van der Waals surface area contributed by atoms with Crippen LogP contribution in [0, 0.1) is 0 Å². The zero-order chi connectivity index (χ0) is 27.7. The molecule has 0 aliphatic heterocycles. The number of pyridine rings is 3. The summed E-state index contributed by atoms with van der Waals surface area (Å²) >= 11 is 6.59. The summed E-state index contributed by atoms with van der Waals surface area (Å²) < 4.78 is 49.2. The minimum absolute atomic E-state index is 0.00854. The average Bonchev–Trinajstić information content (AvgIpc) is 3.25. The number of nitrogens with zero attached hydrogens (tertiary/aromatic N) is 7. The van der Waals surface area contributed by atoms with Crippen molar-refractivity contribution in [3.8, 4) is 11.4 Å². The molecule has 0 aromatic carbocycles.